The maximum atomic E-state index is 13.0. The number of sulfonamides is 1. The number of nitrogens with one attached hydrogen (secondary N) is 1. The van der Waals surface area contributed by atoms with E-state index < -0.39 is 38.9 Å². The van der Waals surface area contributed by atoms with Crippen LogP contribution in [-0.4, -0.2) is 48.4 Å². The number of halogens is 1. The van der Waals surface area contributed by atoms with E-state index in [2.05, 4.69) is 4.72 Å². The van der Waals surface area contributed by atoms with Gasteiger partial charge >= 0.3 is 5.97 Å². The molecular weight excluding hydrogens is 436 g/mol. The maximum Gasteiger partial charge on any atom is 0.329 e. The number of hydrogen-bond acceptors (Lipinski definition) is 5. The fourth-order valence-electron chi connectivity index (χ4n) is 3.43. The van der Waals surface area contributed by atoms with Crippen LogP contribution in [-0.2, 0) is 19.6 Å². The predicted octanol–water partition coefficient (Wildman–Crippen LogP) is 3.32. The summed E-state index contributed by atoms with van der Waals surface area (Å²) in [4.78, 5) is 26.2. The lowest BCUT2D eigenvalue weighted by Crippen LogP contribution is -2.62. The molecule has 0 bridgehead atoms. The highest BCUT2D eigenvalue weighted by molar-refractivity contribution is 7.91. The van der Waals surface area contributed by atoms with Crippen LogP contribution in [0.3, 0.4) is 0 Å². The Morgan fingerprint density at radius 3 is 2.52 bits per heavy atom. The summed E-state index contributed by atoms with van der Waals surface area (Å²) < 4.78 is 29.0. The Balaban J connectivity index is 1.87. The molecule has 1 fully saturated rings. The zero-order chi connectivity index (χ0) is 21.8. The Kier molecular flexibility index (Phi) is 5.49. The number of nitrogens with zero attached hydrogens (tertiary/aromatic N) is 1. The first-order valence-electron chi connectivity index (χ1n) is 9.04. The van der Waals surface area contributed by atoms with Gasteiger partial charge in [-0.25, -0.2) is 13.2 Å². The molecule has 1 aliphatic heterocycles. The lowest BCUT2D eigenvalue weighted by molar-refractivity contribution is -0.164. The number of likely N-dealkylation sites (tertiary alicyclic amines) is 1. The molecule has 1 saturated heterocycles. The highest BCUT2D eigenvalue weighted by Crippen LogP contribution is 2.39. The van der Waals surface area contributed by atoms with E-state index >= 15 is 0 Å². The van der Waals surface area contributed by atoms with Crippen LogP contribution in [0.25, 0.3) is 10.1 Å². The van der Waals surface area contributed by atoms with Gasteiger partial charge in [0.1, 0.15) is 15.8 Å². The smallest absolute Gasteiger partial charge is 0.329 e. The van der Waals surface area contributed by atoms with Crippen LogP contribution < -0.4 is 4.72 Å². The van der Waals surface area contributed by atoms with Gasteiger partial charge in [0.2, 0.25) is 5.91 Å². The summed E-state index contributed by atoms with van der Waals surface area (Å²) in [6.07, 6.45) is 0.202. The van der Waals surface area contributed by atoms with E-state index in [1.165, 1.54) is 17.9 Å². The molecule has 0 unspecified atom stereocenters. The number of thiophene rings is 1. The van der Waals surface area contributed by atoms with Crippen LogP contribution in [0.15, 0.2) is 28.5 Å². The fraction of sp³-hybridized carbons (Fsp3) is 0.474. The SMILES string of the molecule is CC(C)(C)[C@@](C)(C(=O)O)N1CC[C@H](NS(=O)(=O)c2cc3ccc(Cl)cc3s2)C1=O. The van der Waals surface area contributed by atoms with E-state index in [1.807, 2.05) is 0 Å². The molecule has 2 N–H and O–H groups in total. The predicted molar refractivity (Wildman–Crippen MR) is 113 cm³/mol. The average molecular weight is 459 g/mol. The number of amides is 1. The first-order chi connectivity index (χ1) is 13.3. The van der Waals surface area contributed by atoms with Crippen molar-refractivity contribution < 1.29 is 23.1 Å². The molecule has 158 valence electrons. The number of aliphatic carboxylic acids is 1. The van der Waals surface area contributed by atoms with Crippen molar-refractivity contribution in [3.63, 3.8) is 0 Å². The molecule has 1 aromatic carbocycles. The zero-order valence-corrected chi connectivity index (χ0v) is 18.9. The van der Waals surface area contributed by atoms with Gasteiger partial charge in [-0.3, -0.25) is 4.79 Å². The van der Waals surface area contributed by atoms with E-state index in [0.717, 1.165) is 21.4 Å². The molecule has 1 aromatic heterocycles. The highest BCUT2D eigenvalue weighted by atomic mass is 35.5. The fourth-order valence-corrected chi connectivity index (χ4v) is 6.35. The van der Waals surface area contributed by atoms with Crippen molar-refractivity contribution in [2.24, 2.45) is 5.41 Å². The molecule has 7 nitrogen and oxygen atoms in total. The Morgan fingerprint density at radius 2 is 1.93 bits per heavy atom. The summed E-state index contributed by atoms with van der Waals surface area (Å²) in [6.45, 7) is 6.89. The van der Waals surface area contributed by atoms with Crippen LogP contribution in [0, 0.1) is 5.41 Å². The lowest BCUT2D eigenvalue weighted by atomic mass is 9.73. The number of hydrogen-bond donors (Lipinski definition) is 2. The second-order valence-electron chi connectivity index (χ2n) is 8.33. The molecular formula is C19H23ClN2O5S2. The first-order valence-corrected chi connectivity index (χ1v) is 11.7. The van der Waals surface area contributed by atoms with Gasteiger partial charge in [0.25, 0.3) is 10.0 Å². The highest BCUT2D eigenvalue weighted by Gasteiger charge is 2.54. The third-order valence-corrected chi connectivity index (χ3v) is 8.92. The number of benzene rings is 1. The Morgan fingerprint density at radius 1 is 1.28 bits per heavy atom. The number of carbonyl (C=O) groups excluding carboxylic acids is 1. The minimum atomic E-state index is -3.95. The van der Waals surface area contributed by atoms with Gasteiger partial charge in [0.15, 0.2) is 0 Å². The third kappa shape index (κ3) is 3.76. The molecule has 2 atom stereocenters. The minimum Gasteiger partial charge on any atom is -0.479 e. The number of fused-ring (bicyclic) bond motifs is 1. The summed E-state index contributed by atoms with van der Waals surface area (Å²) in [5.41, 5.74) is -2.20. The maximum absolute atomic E-state index is 13.0. The summed E-state index contributed by atoms with van der Waals surface area (Å²) in [5, 5.41) is 11.1. The van der Waals surface area contributed by atoms with Crippen LogP contribution in [0.1, 0.15) is 34.1 Å². The van der Waals surface area contributed by atoms with Crippen molar-refractivity contribution in [3.05, 3.63) is 29.3 Å². The minimum absolute atomic E-state index is 0.0813. The number of carboxylic acid groups (broad SMARTS) is 1. The van der Waals surface area contributed by atoms with Gasteiger partial charge in [-0.1, -0.05) is 38.4 Å². The van der Waals surface area contributed by atoms with Crippen molar-refractivity contribution >= 4 is 54.9 Å². The van der Waals surface area contributed by atoms with Gasteiger partial charge < -0.3 is 10.0 Å². The van der Waals surface area contributed by atoms with E-state index in [1.54, 1.807) is 39.0 Å². The van der Waals surface area contributed by atoms with Gasteiger partial charge in [0.05, 0.1) is 0 Å². The van der Waals surface area contributed by atoms with E-state index in [0.29, 0.717) is 5.02 Å². The Bertz CT molecular complexity index is 1090. The van der Waals surface area contributed by atoms with Gasteiger partial charge in [-0.05, 0) is 42.3 Å². The summed E-state index contributed by atoms with van der Waals surface area (Å²) in [6, 6.07) is 5.63. The Labute approximate surface area is 178 Å². The van der Waals surface area contributed by atoms with Crippen LogP contribution in [0.2, 0.25) is 5.02 Å². The van der Waals surface area contributed by atoms with Crippen LogP contribution in [0.5, 0.6) is 0 Å². The van der Waals surface area contributed by atoms with Gasteiger partial charge in [-0.15, -0.1) is 11.3 Å². The molecule has 0 spiro atoms. The van der Waals surface area contributed by atoms with Crippen LogP contribution >= 0.6 is 22.9 Å². The molecule has 2 heterocycles. The molecule has 2 aromatic rings. The second-order valence-corrected chi connectivity index (χ2v) is 11.8. The molecule has 10 heteroatoms. The summed E-state index contributed by atoms with van der Waals surface area (Å²) >= 11 is 7.03. The summed E-state index contributed by atoms with van der Waals surface area (Å²) in [7, 11) is -3.95. The van der Waals surface area contributed by atoms with E-state index in [9.17, 15) is 23.1 Å². The molecule has 0 radical (unpaired) electrons. The molecule has 1 aliphatic rings. The van der Waals surface area contributed by atoms with E-state index in [-0.39, 0.29) is 17.2 Å². The third-order valence-electron chi connectivity index (χ3n) is 5.64. The van der Waals surface area contributed by atoms with Gasteiger partial charge in [-0.2, -0.15) is 4.72 Å². The Hall–Kier alpha value is -1.68. The zero-order valence-electron chi connectivity index (χ0n) is 16.5. The van der Waals surface area contributed by atoms with Crippen molar-refractivity contribution in [2.75, 3.05) is 6.54 Å². The van der Waals surface area contributed by atoms with Gasteiger partial charge in [0, 0.05) is 16.3 Å². The number of carboxylic acids is 1. The quantitative estimate of drug-likeness (QED) is 0.715. The number of carbonyl (C=O) groups is 2. The second kappa shape index (κ2) is 7.23. The lowest BCUT2D eigenvalue weighted by Gasteiger charge is -2.44. The van der Waals surface area contributed by atoms with Crippen molar-refractivity contribution in [1.29, 1.82) is 0 Å². The van der Waals surface area contributed by atoms with Crippen LogP contribution in [0.4, 0.5) is 0 Å². The van der Waals surface area contributed by atoms with Crippen molar-refractivity contribution in [3.8, 4) is 0 Å². The topological polar surface area (TPSA) is 104 Å². The average Bonchev–Trinajstić information content (AvgIpc) is 3.17. The number of rotatable bonds is 5. The largest absolute Gasteiger partial charge is 0.479 e. The van der Waals surface area contributed by atoms with Crippen molar-refractivity contribution in [1.82, 2.24) is 9.62 Å². The van der Waals surface area contributed by atoms with Crippen molar-refractivity contribution in [2.45, 2.75) is 49.9 Å². The molecule has 1 amide bonds. The molecule has 0 aliphatic carbocycles. The summed E-state index contributed by atoms with van der Waals surface area (Å²) in [5.74, 6) is -1.65. The molecule has 3 rings (SSSR count). The van der Waals surface area contributed by atoms with E-state index in [4.69, 9.17) is 11.6 Å². The standard InChI is InChI=1S/C19H23ClN2O5S2/c1-18(2,3)19(4,17(24)25)22-8-7-13(16(22)23)21-29(26,27)15-9-11-5-6-12(20)10-14(11)28-15/h5-6,9-10,13,21H,7-8H2,1-4H3,(H,24,25)/t13-,19+/m0/s1. The normalized spacial score (nSPS) is 20.2. The molecule has 29 heavy (non-hydrogen) atoms. The first kappa shape index (κ1) is 22.0. The monoisotopic (exact) mass is 458 g/mol. The molecule has 0 saturated carbocycles.